The van der Waals surface area contributed by atoms with Crippen LogP contribution in [0.2, 0.25) is 12.1 Å². The summed E-state index contributed by atoms with van der Waals surface area (Å²) in [5.41, 5.74) is 0. The second-order valence-corrected chi connectivity index (χ2v) is 7.09. The molecule has 2 atom stereocenters. The summed E-state index contributed by atoms with van der Waals surface area (Å²) in [6.07, 6.45) is 0.760. The molecule has 76 valence electrons. The predicted octanol–water partition coefficient (Wildman–Crippen LogP) is 0.519. The van der Waals surface area contributed by atoms with Crippen LogP contribution in [0.15, 0.2) is 0 Å². The maximum absolute atomic E-state index is 5.55. The largest absolute Gasteiger partial charge is 0.397 e. The van der Waals surface area contributed by atoms with Gasteiger partial charge < -0.3 is 18.3 Å². The van der Waals surface area contributed by atoms with Crippen LogP contribution in [0.4, 0.5) is 0 Å². The molecule has 0 N–H and O–H groups in total. The first-order chi connectivity index (χ1) is 6.28. The zero-order valence-electron chi connectivity index (χ0n) is 8.12. The average Bonchev–Trinajstić information content (AvgIpc) is 2.98. The molecule has 0 radical (unpaired) electrons. The molecule has 2 rings (SSSR count). The van der Waals surface area contributed by atoms with Gasteiger partial charge in [-0.05, 0) is 0 Å². The van der Waals surface area contributed by atoms with Crippen molar-refractivity contribution in [1.29, 1.82) is 0 Å². The lowest BCUT2D eigenvalue weighted by Crippen LogP contribution is -2.42. The highest BCUT2D eigenvalue weighted by atomic mass is 28.4. The van der Waals surface area contributed by atoms with E-state index in [0.717, 1.165) is 25.3 Å². The van der Waals surface area contributed by atoms with Gasteiger partial charge in [0.05, 0.1) is 25.4 Å². The molecule has 13 heavy (non-hydrogen) atoms. The van der Waals surface area contributed by atoms with Gasteiger partial charge in [0, 0.05) is 26.3 Å². The summed E-state index contributed by atoms with van der Waals surface area (Å²) < 4.78 is 21.5. The Balaban J connectivity index is 1.88. The van der Waals surface area contributed by atoms with Crippen molar-refractivity contribution in [2.75, 3.05) is 27.4 Å². The van der Waals surface area contributed by atoms with Crippen molar-refractivity contribution in [1.82, 2.24) is 0 Å². The van der Waals surface area contributed by atoms with Gasteiger partial charge in [-0.25, -0.2) is 0 Å². The maximum Gasteiger partial charge on any atom is 0.343 e. The van der Waals surface area contributed by atoms with Crippen molar-refractivity contribution < 1.29 is 18.3 Å². The minimum atomic E-state index is -1.99. The van der Waals surface area contributed by atoms with Gasteiger partial charge in [0.15, 0.2) is 0 Å². The SMILES string of the molecule is CO[Si](CC1CO1)(CC1CO1)OC. The highest BCUT2D eigenvalue weighted by Crippen LogP contribution is 2.31. The summed E-state index contributed by atoms with van der Waals surface area (Å²) in [5, 5.41) is 0. The molecule has 2 fully saturated rings. The van der Waals surface area contributed by atoms with Crippen LogP contribution in [0.5, 0.6) is 0 Å². The predicted molar refractivity (Wildman–Crippen MR) is 48.9 cm³/mol. The Morgan fingerprint density at radius 2 is 1.46 bits per heavy atom. The van der Waals surface area contributed by atoms with Crippen LogP contribution in [0, 0.1) is 0 Å². The zero-order chi connectivity index (χ0) is 9.31. The van der Waals surface area contributed by atoms with Gasteiger partial charge in [0.25, 0.3) is 0 Å². The second kappa shape index (κ2) is 3.66. The fourth-order valence-corrected chi connectivity index (χ4v) is 4.42. The fourth-order valence-electron chi connectivity index (χ4n) is 1.57. The Kier molecular flexibility index (Phi) is 2.71. The van der Waals surface area contributed by atoms with E-state index in [2.05, 4.69) is 0 Å². The van der Waals surface area contributed by atoms with Gasteiger partial charge in [-0.3, -0.25) is 0 Å². The lowest BCUT2D eigenvalue weighted by molar-refractivity contribution is 0.230. The van der Waals surface area contributed by atoms with Gasteiger partial charge in [-0.15, -0.1) is 0 Å². The molecule has 0 amide bonds. The van der Waals surface area contributed by atoms with Gasteiger partial charge in [0.2, 0.25) is 0 Å². The fraction of sp³-hybridized carbons (Fsp3) is 1.00. The van der Waals surface area contributed by atoms with Crippen molar-refractivity contribution in [3.05, 3.63) is 0 Å². The quantitative estimate of drug-likeness (QED) is 0.467. The number of hydrogen-bond acceptors (Lipinski definition) is 4. The molecule has 0 aromatic heterocycles. The molecular weight excluding hydrogens is 188 g/mol. The van der Waals surface area contributed by atoms with Crippen LogP contribution < -0.4 is 0 Å². The summed E-state index contributed by atoms with van der Waals surface area (Å²) in [6, 6.07) is 1.89. The van der Waals surface area contributed by atoms with E-state index in [9.17, 15) is 0 Å². The molecule has 0 bridgehead atoms. The van der Waals surface area contributed by atoms with Gasteiger partial charge in [-0.2, -0.15) is 0 Å². The third-order valence-electron chi connectivity index (χ3n) is 2.63. The smallest absolute Gasteiger partial charge is 0.343 e. The molecule has 2 heterocycles. The number of ether oxygens (including phenoxy) is 2. The monoisotopic (exact) mass is 204 g/mol. The van der Waals surface area contributed by atoms with Crippen molar-refractivity contribution in [2.24, 2.45) is 0 Å². The molecule has 0 aliphatic carbocycles. The van der Waals surface area contributed by atoms with E-state index in [1.807, 2.05) is 0 Å². The topological polar surface area (TPSA) is 43.5 Å². The van der Waals surface area contributed by atoms with Crippen LogP contribution >= 0.6 is 0 Å². The van der Waals surface area contributed by atoms with Gasteiger partial charge >= 0.3 is 8.56 Å². The molecule has 0 aromatic carbocycles. The van der Waals surface area contributed by atoms with E-state index in [1.54, 1.807) is 14.2 Å². The van der Waals surface area contributed by atoms with Crippen LogP contribution in [0.3, 0.4) is 0 Å². The minimum absolute atomic E-state index is 0.380. The van der Waals surface area contributed by atoms with Crippen molar-refractivity contribution >= 4 is 8.56 Å². The number of epoxide rings is 2. The third-order valence-corrected chi connectivity index (χ3v) is 6.27. The molecule has 0 aromatic rings. The van der Waals surface area contributed by atoms with E-state index in [1.165, 1.54) is 0 Å². The van der Waals surface area contributed by atoms with Crippen LogP contribution in [-0.2, 0) is 18.3 Å². The average molecular weight is 204 g/mol. The van der Waals surface area contributed by atoms with Gasteiger partial charge in [0.1, 0.15) is 0 Å². The highest BCUT2D eigenvalue weighted by molar-refractivity contribution is 6.67. The summed E-state index contributed by atoms with van der Waals surface area (Å²) in [6.45, 7) is 1.74. The summed E-state index contributed by atoms with van der Waals surface area (Å²) >= 11 is 0. The minimum Gasteiger partial charge on any atom is -0.397 e. The molecule has 5 heteroatoms. The third kappa shape index (κ3) is 2.51. The lowest BCUT2D eigenvalue weighted by Gasteiger charge is -2.25. The lowest BCUT2D eigenvalue weighted by atomic mass is 10.6. The second-order valence-electron chi connectivity index (χ2n) is 3.64. The molecule has 2 unspecified atom stereocenters. The van der Waals surface area contributed by atoms with E-state index < -0.39 is 8.56 Å². The number of hydrogen-bond donors (Lipinski definition) is 0. The molecule has 2 saturated heterocycles. The highest BCUT2D eigenvalue weighted by Gasteiger charge is 2.46. The maximum atomic E-state index is 5.55. The molecule has 0 spiro atoms. The Bertz CT molecular complexity index is 159. The first kappa shape index (κ1) is 9.61. The Labute approximate surface area is 79.4 Å². The molecule has 2 aliphatic heterocycles. The van der Waals surface area contributed by atoms with Crippen LogP contribution in [0.1, 0.15) is 0 Å². The van der Waals surface area contributed by atoms with Crippen molar-refractivity contribution in [3.63, 3.8) is 0 Å². The molecule has 4 nitrogen and oxygen atoms in total. The van der Waals surface area contributed by atoms with Crippen LogP contribution in [0.25, 0.3) is 0 Å². The molecular formula is C8H16O4Si. The van der Waals surface area contributed by atoms with Gasteiger partial charge in [-0.1, -0.05) is 0 Å². The summed E-state index contributed by atoms with van der Waals surface area (Å²) in [4.78, 5) is 0. The summed E-state index contributed by atoms with van der Waals surface area (Å²) in [5.74, 6) is 0. The normalized spacial score (nSPS) is 31.8. The standard InChI is InChI=1S/C8H16O4Si/c1-9-13(10-2,5-7-3-11-7)6-8-4-12-8/h7-8H,3-6H2,1-2H3. The first-order valence-electron chi connectivity index (χ1n) is 4.61. The zero-order valence-corrected chi connectivity index (χ0v) is 9.12. The van der Waals surface area contributed by atoms with E-state index in [0.29, 0.717) is 12.2 Å². The Morgan fingerprint density at radius 3 is 1.69 bits per heavy atom. The van der Waals surface area contributed by atoms with Crippen molar-refractivity contribution in [3.8, 4) is 0 Å². The molecule has 2 aliphatic rings. The van der Waals surface area contributed by atoms with Crippen molar-refractivity contribution in [2.45, 2.75) is 24.3 Å². The molecule has 0 saturated carbocycles. The Morgan fingerprint density at radius 1 is 1.08 bits per heavy atom. The van der Waals surface area contributed by atoms with Crippen LogP contribution in [-0.4, -0.2) is 48.2 Å². The van der Waals surface area contributed by atoms with E-state index in [-0.39, 0.29) is 0 Å². The van der Waals surface area contributed by atoms with E-state index in [4.69, 9.17) is 18.3 Å². The first-order valence-corrected chi connectivity index (χ1v) is 6.84. The number of rotatable bonds is 6. The summed E-state index contributed by atoms with van der Waals surface area (Å²) in [7, 11) is 1.48. The Hall–Kier alpha value is 0.0569. The van der Waals surface area contributed by atoms with E-state index >= 15 is 0 Å².